The lowest BCUT2D eigenvalue weighted by molar-refractivity contribution is -0.136. The lowest BCUT2D eigenvalue weighted by Gasteiger charge is -2.08. The van der Waals surface area contributed by atoms with E-state index in [4.69, 9.17) is 0 Å². The third kappa shape index (κ3) is 3.30. The molecule has 0 atom stereocenters. The molecule has 0 aliphatic rings. The molecule has 0 aliphatic carbocycles. The fourth-order valence-corrected chi connectivity index (χ4v) is 3.42. The highest BCUT2D eigenvalue weighted by atomic mass is 32.1. The summed E-state index contributed by atoms with van der Waals surface area (Å²) in [7, 11) is 0. The topological polar surface area (TPSA) is 62.2 Å². The molecule has 0 fully saturated rings. The van der Waals surface area contributed by atoms with E-state index in [1.54, 1.807) is 19.9 Å². The highest BCUT2D eigenvalue weighted by molar-refractivity contribution is 7.22. The van der Waals surface area contributed by atoms with Crippen LogP contribution < -0.4 is 5.32 Å². The molecule has 0 aliphatic heterocycles. The van der Waals surface area contributed by atoms with Crippen LogP contribution in [0.4, 0.5) is 18.3 Å². The fraction of sp³-hybridized carbons (Fsp3) is 0.176. The quantitative estimate of drug-likeness (QED) is 0.679. The first-order valence-electron chi connectivity index (χ1n) is 7.25. The number of phenols is 1. The standard InChI is InChI=1S/C17H13F3N2O2S/c1-8-6-9(2)14(23)10(7-8)15(24)22-16-21-13-11(17(18,19)20)4-3-5-12(13)25-16/h3-7,23H,1-2H3,(H,21,22,24). The molecule has 0 unspecified atom stereocenters. The number of aromatic hydroxyl groups is 1. The number of para-hydroxylation sites is 1. The molecular weight excluding hydrogens is 353 g/mol. The Labute approximate surface area is 144 Å². The van der Waals surface area contributed by atoms with E-state index in [0.29, 0.717) is 10.3 Å². The molecule has 1 heterocycles. The van der Waals surface area contributed by atoms with Crippen LogP contribution in [-0.4, -0.2) is 16.0 Å². The van der Waals surface area contributed by atoms with Crippen molar-refractivity contribution in [2.45, 2.75) is 20.0 Å². The Morgan fingerprint density at radius 2 is 1.96 bits per heavy atom. The minimum Gasteiger partial charge on any atom is -0.507 e. The molecular formula is C17H13F3N2O2S. The van der Waals surface area contributed by atoms with Crippen LogP contribution in [0.1, 0.15) is 27.0 Å². The van der Waals surface area contributed by atoms with Crippen molar-refractivity contribution in [1.29, 1.82) is 0 Å². The van der Waals surface area contributed by atoms with Gasteiger partial charge < -0.3 is 5.11 Å². The first-order chi connectivity index (χ1) is 11.7. The summed E-state index contributed by atoms with van der Waals surface area (Å²) in [6.07, 6.45) is -4.53. The number of aromatic nitrogens is 1. The average molecular weight is 366 g/mol. The maximum Gasteiger partial charge on any atom is 0.418 e. The molecule has 3 aromatic rings. The summed E-state index contributed by atoms with van der Waals surface area (Å²) in [5, 5.41) is 12.5. The number of nitrogens with one attached hydrogen (secondary N) is 1. The molecule has 25 heavy (non-hydrogen) atoms. The second-order valence-corrected chi connectivity index (χ2v) is 6.63. The van der Waals surface area contributed by atoms with Crippen molar-refractivity contribution in [2.75, 3.05) is 5.32 Å². The number of fused-ring (bicyclic) bond motifs is 1. The number of anilines is 1. The molecule has 2 N–H and O–H groups in total. The number of nitrogens with zero attached hydrogens (tertiary/aromatic N) is 1. The maximum absolute atomic E-state index is 13.0. The van der Waals surface area contributed by atoms with Gasteiger partial charge in [0.15, 0.2) is 5.13 Å². The number of alkyl halides is 3. The third-order valence-electron chi connectivity index (χ3n) is 3.63. The molecule has 0 spiro atoms. The van der Waals surface area contributed by atoms with E-state index in [1.807, 2.05) is 0 Å². The first kappa shape index (κ1) is 17.2. The lowest BCUT2D eigenvalue weighted by atomic mass is 10.1. The number of benzene rings is 2. The van der Waals surface area contributed by atoms with E-state index in [2.05, 4.69) is 10.3 Å². The molecule has 0 saturated heterocycles. The van der Waals surface area contributed by atoms with Crippen LogP contribution in [0, 0.1) is 13.8 Å². The predicted molar refractivity (Wildman–Crippen MR) is 90.2 cm³/mol. The van der Waals surface area contributed by atoms with Crippen LogP contribution in [-0.2, 0) is 6.18 Å². The van der Waals surface area contributed by atoms with Gasteiger partial charge in [-0.05, 0) is 43.2 Å². The molecule has 8 heteroatoms. The van der Waals surface area contributed by atoms with E-state index in [9.17, 15) is 23.1 Å². The number of rotatable bonds is 2. The first-order valence-corrected chi connectivity index (χ1v) is 8.07. The Bertz CT molecular complexity index is 980. The van der Waals surface area contributed by atoms with Gasteiger partial charge in [0.25, 0.3) is 5.91 Å². The molecule has 1 amide bonds. The lowest BCUT2D eigenvalue weighted by Crippen LogP contribution is -2.12. The molecule has 130 valence electrons. The van der Waals surface area contributed by atoms with E-state index in [1.165, 1.54) is 18.2 Å². The molecule has 1 aromatic heterocycles. The second kappa shape index (κ2) is 6.03. The fourth-order valence-electron chi connectivity index (χ4n) is 2.53. The van der Waals surface area contributed by atoms with Crippen LogP contribution in [0.3, 0.4) is 0 Å². The predicted octanol–water partition coefficient (Wildman–Crippen LogP) is 4.89. The number of halogens is 3. The van der Waals surface area contributed by atoms with Crippen molar-refractivity contribution in [3.8, 4) is 5.75 Å². The van der Waals surface area contributed by atoms with Gasteiger partial charge in [-0.3, -0.25) is 10.1 Å². The normalized spacial score (nSPS) is 11.7. The van der Waals surface area contributed by atoms with Gasteiger partial charge >= 0.3 is 6.18 Å². The SMILES string of the molecule is Cc1cc(C)c(O)c(C(=O)Nc2nc3c(C(F)(F)F)cccc3s2)c1. The Morgan fingerprint density at radius 3 is 2.64 bits per heavy atom. The van der Waals surface area contributed by atoms with Crippen LogP contribution >= 0.6 is 11.3 Å². The summed E-state index contributed by atoms with van der Waals surface area (Å²) in [4.78, 5) is 16.3. The molecule has 4 nitrogen and oxygen atoms in total. The van der Waals surface area contributed by atoms with Gasteiger partial charge in [0.05, 0.1) is 21.3 Å². The van der Waals surface area contributed by atoms with Crippen LogP contribution in [0.2, 0.25) is 0 Å². The van der Waals surface area contributed by atoms with Crippen molar-refractivity contribution in [2.24, 2.45) is 0 Å². The smallest absolute Gasteiger partial charge is 0.418 e. The number of hydrogen-bond acceptors (Lipinski definition) is 4. The average Bonchev–Trinajstić information content (AvgIpc) is 2.91. The summed E-state index contributed by atoms with van der Waals surface area (Å²) in [6.45, 7) is 3.43. The second-order valence-electron chi connectivity index (χ2n) is 5.60. The van der Waals surface area contributed by atoms with E-state index in [0.717, 1.165) is 23.0 Å². The van der Waals surface area contributed by atoms with Crippen LogP contribution in [0.5, 0.6) is 5.75 Å². The third-order valence-corrected chi connectivity index (χ3v) is 4.57. The maximum atomic E-state index is 13.0. The Kier molecular flexibility index (Phi) is 4.16. The van der Waals surface area contributed by atoms with Crippen molar-refractivity contribution in [3.63, 3.8) is 0 Å². The summed E-state index contributed by atoms with van der Waals surface area (Å²) in [5.41, 5.74) is 0.307. The summed E-state index contributed by atoms with van der Waals surface area (Å²) < 4.78 is 39.4. The number of hydrogen-bond donors (Lipinski definition) is 2. The number of amides is 1. The van der Waals surface area contributed by atoms with E-state index in [-0.39, 0.29) is 22.0 Å². The van der Waals surface area contributed by atoms with Gasteiger partial charge in [0.2, 0.25) is 0 Å². The van der Waals surface area contributed by atoms with Gasteiger partial charge in [0.1, 0.15) is 5.75 Å². The van der Waals surface area contributed by atoms with Crippen LogP contribution in [0.25, 0.3) is 10.2 Å². The van der Waals surface area contributed by atoms with E-state index >= 15 is 0 Å². The number of carbonyl (C=O) groups is 1. The summed E-state index contributed by atoms with van der Waals surface area (Å²) >= 11 is 0.940. The summed E-state index contributed by atoms with van der Waals surface area (Å²) in [6, 6.07) is 6.98. The molecule has 0 radical (unpaired) electrons. The van der Waals surface area contributed by atoms with E-state index < -0.39 is 17.6 Å². The number of phenolic OH excluding ortho intramolecular Hbond substituents is 1. The summed E-state index contributed by atoms with van der Waals surface area (Å²) in [5.74, 6) is -0.794. The molecule has 2 aromatic carbocycles. The van der Waals surface area contributed by atoms with Crippen molar-refractivity contribution < 1.29 is 23.1 Å². The van der Waals surface area contributed by atoms with Crippen molar-refractivity contribution in [1.82, 2.24) is 4.98 Å². The van der Waals surface area contributed by atoms with Gasteiger partial charge in [-0.2, -0.15) is 13.2 Å². The number of thiazole rings is 1. The number of carbonyl (C=O) groups excluding carboxylic acids is 1. The zero-order valence-electron chi connectivity index (χ0n) is 13.2. The zero-order chi connectivity index (χ0) is 18.4. The monoisotopic (exact) mass is 366 g/mol. The molecule has 0 bridgehead atoms. The van der Waals surface area contributed by atoms with Crippen molar-refractivity contribution in [3.05, 3.63) is 52.6 Å². The minimum absolute atomic E-state index is 0.0373. The minimum atomic E-state index is -4.53. The molecule has 0 saturated carbocycles. The zero-order valence-corrected chi connectivity index (χ0v) is 14.0. The van der Waals surface area contributed by atoms with Gasteiger partial charge in [-0.15, -0.1) is 0 Å². The number of aryl methyl sites for hydroxylation is 2. The van der Waals surface area contributed by atoms with Gasteiger partial charge in [-0.25, -0.2) is 4.98 Å². The Balaban J connectivity index is 1.98. The highest BCUT2D eigenvalue weighted by Crippen LogP contribution is 2.37. The largest absolute Gasteiger partial charge is 0.507 e. The Hall–Kier alpha value is -2.61. The molecule has 3 rings (SSSR count). The Morgan fingerprint density at radius 1 is 1.24 bits per heavy atom. The van der Waals surface area contributed by atoms with Crippen LogP contribution in [0.15, 0.2) is 30.3 Å². The van der Waals surface area contributed by atoms with Crippen molar-refractivity contribution >= 4 is 32.6 Å². The van der Waals surface area contributed by atoms with Gasteiger partial charge in [0, 0.05) is 0 Å². The van der Waals surface area contributed by atoms with Gasteiger partial charge in [-0.1, -0.05) is 23.5 Å². The highest BCUT2D eigenvalue weighted by Gasteiger charge is 2.33.